The van der Waals surface area contributed by atoms with Crippen molar-refractivity contribution in [1.82, 2.24) is 9.97 Å². The number of nitrogens with one attached hydrogen (secondary N) is 1. The maximum atomic E-state index is 11.6. The maximum Gasteiger partial charge on any atom is 0.259 e. The summed E-state index contributed by atoms with van der Waals surface area (Å²) in [5, 5.41) is 9.61. The van der Waals surface area contributed by atoms with Gasteiger partial charge in [0.1, 0.15) is 0 Å². The van der Waals surface area contributed by atoms with Crippen LogP contribution in [0.4, 0.5) is 0 Å². The van der Waals surface area contributed by atoms with E-state index in [1.807, 2.05) is 0 Å². The van der Waals surface area contributed by atoms with Crippen molar-refractivity contribution in [3.63, 3.8) is 0 Å². The summed E-state index contributed by atoms with van der Waals surface area (Å²) in [6, 6.07) is 5.12. The molecule has 0 saturated heterocycles. The van der Waals surface area contributed by atoms with Gasteiger partial charge in [-0.2, -0.15) is 0 Å². The van der Waals surface area contributed by atoms with E-state index in [1.165, 1.54) is 0 Å². The van der Waals surface area contributed by atoms with Crippen molar-refractivity contribution in [3.8, 4) is 0 Å². The summed E-state index contributed by atoms with van der Waals surface area (Å²) in [4.78, 5) is 18.1. The number of benzene rings is 1. The minimum absolute atomic E-state index is 0.0885. The van der Waals surface area contributed by atoms with Crippen LogP contribution in [0.1, 0.15) is 5.82 Å². The van der Waals surface area contributed by atoms with Crippen LogP contribution < -0.4 is 5.56 Å². The highest BCUT2D eigenvalue weighted by Gasteiger charge is 2.05. The minimum Gasteiger partial charge on any atom is -0.505 e. The Labute approximate surface area is 93.4 Å². The minimum atomic E-state index is -0.294. The molecule has 1 aromatic carbocycles. The number of nitrogens with zero attached hydrogens (tertiary/aromatic N) is 1. The number of rotatable bonds is 1. The average molecular weight is 267 g/mol. The molecule has 76 valence electrons. The Hall–Kier alpha value is -1.62. The van der Waals surface area contributed by atoms with E-state index in [2.05, 4.69) is 32.5 Å². The summed E-state index contributed by atoms with van der Waals surface area (Å²) in [6.07, 6.45) is 0. The molecule has 1 heterocycles. The van der Waals surface area contributed by atoms with Crippen molar-refractivity contribution < 1.29 is 5.11 Å². The van der Waals surface area contributed by atoms with Crippen molar-refractivity contribution in [1.29, 1.82) is 0 Å². The molecule has 0 saturated carbocycles. The van der Waals surface area contributed by atoms with Gasteiger partial charge in [0.15, 0.2) is 11.6 Å². The molecule has 0 amide bonds. The zero-order valence-electron chi connectivity index (χ0n) is 7.62. The maximum absolute atomic E-state index is 11.6. The van der Waals surface area contributed by atoms with Gasteiger partial charge in [-0.25, -0.2) is 4.98 Å². The van der Waals surface area contributed by atoms with Crippen LogP contribution in [0.25, 0.3) is 16.7 Å². The lowest BCUT2D eigenvalue weighted by molar-refractivity contribution is 0.507. The largest absolute Gasteiger partial charge is 0.505 e. The first-order valence-corrected chi connectivity index (χ1v) is 4.95. The van der Waals surface area contributed by atoms with E-state index in [1.54, 1.807) is 18.2 Å². The van der Waals surface area contributed by atoms with Gasteiger partial charge in [-0.15, -0.1) is 0 Å². The Morgan fingerprint density at radius 2 is 2.27 bits per heavy atom. The van der Waals surface area contributed by atoms with Gasteiger partial charge >= 0.3 is 0 Å². The molecule has 0 radical (unpaired) electrons. The molecule has 0 aliphatic heterocycles. The first-order valence-electron chi connectivity index (χ1n) is 4.16. The molecule has 0 aliphatic rings. The molecule has 0 bridgehead atoms. The first kappa shape index (κ1) is 9.92. The number of aromatic nitrogens is 2. The number of hydrogen-bond acceptors (Lipinski definition) is 3. The quantitative estimate of drug-likeness (QED) is 0.778. The fourth-order valence-corrected chi connectivity index (χ4v) is 1.60. The Morgan fingerprint density at radius 1 is 1.53 bits per heavy atom. The van der Waals surface area contributed by atoms with Gasteiger partial charge in [0.2, 0.25) is 0 Å². The van der Waals surface area contributed by atoms with Crippen molar-refractivity contribution in [3.05, 3.63) is 45.4 Å². The summed E-state index contributed by atoms with van der Waals surface area (Å²) < 4.78 is 0.822. The van der Waals surface area contributed by atoms with Gasteiger partial charge < -0.3 is 10.1 Å². The highest BCUT2D eigenvalue weighted by Crippen LogP contribution is 2.16. The van der Waals surface area contributed by atoms with E-state index >= 15 is 0 Å². The van der Waals surface area contributed by atoms with E-state index < -0.39 is 0 Å². The second-order valence-corrected chi connectivity index (χ2v) is 3.94. The molecule has 0 spiro atoms. The molecule has 0 atom stereocenters. The number of aliphatic hydroxyl groups excluding tert-OH is 1. The molecule has 4 nitrogen and oxygen atoms in total. The first-order chi connectivity index (χ1) is 7.08. The van der Waals surface area contributed by atoms with Crippen LogP contribution in [-0.4, -0.2) is 15.1 Å². The predicted octanol–water partition coefficient (Wildman–Crippen LogP) is 2.21. The van der Waals surface area contributed by atoms with Crippen LogP contribution in [0.2, 0.25) is 0 Å². The number of fused-ring (bicyclic) bond motifs is 1. The number of aliphatic hydroxyl groups is 1. The normalized spacial score (nSPS) is 10.5. The molecule has 2 N–H and O–H groups in total. The third-order valence-electron chi connectivity index (χ3n) is 1.94. The van der Waals surface area contributed by atoms with Crippen LogP contribution in [-0.2, 0) is 0 Å². The number of aromatic amines is 1. The summed E-state index contributed by atoms with van der Waals surface area (Å²) in [7, 11) is 0. The fourth-order valence-electron chi connectivity index (χ4n) is 1.25. The van der Waals surface area contributed by atoms with E-state index in [-0.39, 0.29) is 17.1 Å². The standard InChI is InChI=1S/C10H7BrN2O2/c1-5(14)9-12-8-4-6(11)2-3-7(8)10(15)13-9/h2-4,14H,1H2,(H,12,13,15). The lowest BCUT2D eigenvalue weighted by atomic mass is 10.2. The lowest BCUT2D eigenvalue weighted by Gasteiger charge is -2.01. The van der Waals surface area contributed by atoms with Crippen molar-refractivity contribution in [2.45, 2.75) is 0 Å². The van der Waals surface area contributed by atoms with Crippen LogP contribution in [0, 0.1) is 0 Å². The van der Waals surface area contributed by atoms with Crippen LogP contribution >= 0.6 is 15.9 Å². The zero-order chi connectivity index (χ0) is 11.0. The highest BCUT2D eigenvalue weighted by atomic mass is 79.9. The molecule has 5 heteroatoms. The fraction of sp³-hybridized carbons (Fsp3) is 0. The second kappa shape index (κ2) is 3.51. The van der Waals surface area contributed by atoms with Gasteiger partial charge in [-0.3, -0.25) is 4.79 Å². The van der Waals surface area contributed by atoms with E-state index in [4.69, 9.17) is 5.11 Å². The molecule has 15 heavy (non-hydrogen) atoms. The predicted molar refractivity (Wildman–Crippen MR) is 61.7 cm³/mol. The number of hydrogen-bond donors (Lipinski definition) is 2. The molecule has 0 fully saturated rings. The molecule has 0 aliphatic carbocycles. The van der Waals surface area contributed by atoms with E-state index in [0.29, 0.717) is 10.9 Å². The Kier molecular flexibility index (Phi) is 2.32. The molecule has 1 aromatic heterocycles. The third kappa shape index (κ3) is 1.78. The van der Waals surface area contributed by atoms with Gasteiger partial charge in [-0.1, -0.05) is 22.5 Å². The van der Waals surface area contributed by atoms with Gasteiger partial charge in [0.05, 0.1) is 10.9 Å². The lowest BCUT2D eigenvalue weighted by Crippen LogP contribution is -2.11. The van der Waals surface area contributed by atoms with Crippen LogP contribution in [0.15, 0.2) is 34.0 Å². The Morgan fingerprint density at radius 3 is 2.93 bits per heavy atom. The third-order valence-corrected chi connectivity index (χ3v) is 2.44. The molecular weight excluding hydrogens is 260 g/mol. The molecule has 2 rings (SSSR count). The van der Waals surface area contributed by atoms with Crippen molar-refractivity contribution in [2.75, 3.05) is 0 Å². The highest BCUT2D eigenvalue weighted by molar-refractivity contribution is 9.10. The average Bonchev–Trinajstić information content (AvgIpc) is 2.16. The van der Waals surface area contributed by atoms with E-state index in [9.17, 15) is 4.79 Å². The van der Waals surface area contributed by atoms with Gasteiger partial charge in [-0.05, 0) is 18.2 Å². The molecular formula is C10H7BrN2O2. The smallest absolute Gasteiger partial charge is 0.259 e. The second-order valence-electron chi connectivity index (χ2n) is 3.02. The number of halogens is 1. The molecule has 2 aromatic rings. The van der Waals surface area contributed by atoms with Crippen LogP contribution in [0.5, 0.6) is 0 Å². The monoisotopic (exact) mass is 266 g/mol. The van der Waals surface area contributed by atoms with Crippen molar-refractivity contribution in [2.24, 2.45) is 0 Å². The summed E-state index contributed by atoms with van der Waals surface area (Å²) in [5.41, 5.74) is 0.219. The number of H-pyrrole nitrogens is 1. The summed E-state index contributed by atoms with van der Waals surface area (Å²) in [6.45, 7) is 3.31. The summed E-state index contributed by atoms with van der Waals surface area (Å²) >= 11 is 3.28. The van der Waals surface area contributed by atoms with Gasteiger partial charge in [0, 0.05) is 4.47 Å². The topological polar surface area (TPSA) is 66.0 Å². The Bertz CT molecular complexity index is 604. The SMILES string of the molecule is C=C(O)c1nc2cc(Br)ccc2c(=O)[nH]1. The molecule has 0 unspecified atom stereocenters. The van der Waals surface area contributed by atoms with Crippen LogP contribution in [0.3, 0.4) is 0 Å². The van der Waals surface area contributed by atoms with Crippen molar-refractivity contribution >= 4 is 32.6 Å². The Balaban J connectivity index is 2.85. The summed E-state index contributed by atoms with van der Waals surface area (Å²) in [5.74, 6) is -0.167. The van der Waals surface area contributed by atoms with Gasteiger partial charge in [0.25, 0.3) is 5.56 Å². The van der Waals surface area contributed by atoms with E-state index in [0.717, 1.165) is 4.47 Å². The zero-order valence-corrected chi connectivity index (χ0v) is 9.21.